The van der Waals surface area contributed by atoms with Gasteiger partial charge in [0, 0.05) is 22.6 Å². The van der Waals surface area contributed by atoms with Crippen molar-refractivity contribution in [1.82, 2.24) is 0 Å². The average molecular weight is 272 g/mol. The summed E-state index contributed by atoms with van der Waals surface area (Å²) in [5.41, 5.74) is 1.82. The number of rotatable bonds is 5. The van der Waals surface area contributed by atoms with Crippen LogP contribution in [0.1, 0.15) is 22.3 Å². The van der Waals surface area contributed by atoms with E-state index in [9.17, 15) is 9.00 Å². The van der Waals surface area contributed by atoms with Crippen molar-refractivity contribution in [1.29, 1.82) is 0 Å². The number of carbonyl (C=O) groups is 1. The lowest BCUT2D eigenvalue weighted by Gasteiger charge is -2.03. The largest absolute Gasteiger partial charge is 0.294 e. The third-order valence-corrected chi connectivity index (χ3v) is 4.27. The highest BCUT2D eigenvalue weighted by Gasteiger charge is 2.09. The van der Waals surface area contributed by atoms with E-state index in [1.165, 1.54) is 0 Å². The normalized spacial score (nSPS) is 12.1. The van der Waals surface area contributed by atoms with Crippen molar-refractivity contribution >= 4 is 16.6 Å². The Balaban J connectivity index is 1.94. The molecule has 0 aliphatic heterocycles. The summed E-state index contributed by atoms with van der Waals surface area (Å²) in [7, 11) is -1.11. The Morgan fingerprint density at radius 3 is 2.26 bits per heavy atom. The Labute approximate surface area is 115 Å². The molecule has 3 heteroatoms. The minimum absolute atomic E-state index is 0.0426. The molecule has 0 aliphatic carbocycles. The molecule has 2 nitrogen and oxygen atoms in total. The van der Waals surface area contributed by atoms with E-state index in [1.54, 1.807) is 12.1 Å². The lowest BCUT2D eigenvalue weighted by Crippen LogP contribution is -2.06. The third-order valence-electron chi connectivity index (χ3n) is 2.89. The lowest BCUT2D eigenvalue weighted by molar-refractivity contribution is 0.0989. The van der Waals surface area contributed by atoms with Crippen LogP contribution in [0.3, 0.4) is 0 Å². The molecule has 98 valence electrons. The van der Waals surface area contributed by atoms with Gasteiger partial charge < -0.3 is 0 Å². The van der Waals surface area contributed by atoms with Crippen LogP contribution in [0.5, 0.6) is 0 Å². The van der Waals surface area contributed by atoms with Gasteiger partial charge in [0.25, 0.3) is 0 Å². The Morgan fingerprint density at radius 1 is 1.00 bits per heavy atom. The average Bonchev–Trinajstić information content (AvgIpc) is 2.46. The fourth-order valence-corrected chi connectivity index (χ4v) is 2.81. The number of Topliss-reactive ketones (excluding diaryl/α,β-unsaturated/α-hetero) is 1. The zero-order chi connectivity index (χ0) is 13.7. The fraction of sp³-hybridized carbons (Fsp3) is 0.188. The molecule has 0 N–H and O–H groups in total. The summed E-state index contributed by atoms with van der Waals surface area (Å²) in [6, 6.07) is 16.7. The summed E-state index contributed by atoms with van der Waals surface area (Å²) in [6.07, 6.45) is 0.310. The molecule has 0 heterocycles. The SMILES string of the molecule is Cc1ccc(S(=O)CCC(=O)c2ccccc2)cc1. The molecule has 0 fully saturated rings. The highest BCUT2D eigenvalue weighted by Crippen LogP contribution is 2.11. The molecule has 2 aromatic rings. The van der Waals surface area contributed by atoms with Crippen LogP contribution in [0.2, 0.25) is 0 Å². The summed E-state index contributed by atoms with van der Waals surface area (Å²) in [4.78, 5) is 12.7. The number of carbonyl (C=O) groups excluding carboxylic acids is 1. The molecule has 2 rings (SSSR count). The van der Waals surface area contributed by atoms with E-state index in [2.05, 4.69) is 0 Å². The maximum absolute atomic E-state index is 12.1. The Kier molecular flexibility index (Phi) is 4.63. The van der Waals surface area contributed by atoms with Gasteiger partial charge in [-0.3, -0.25) is 9.00 Å². The van der Waals surface area contributed by atoms with E-state index in [0.29, 0.717) is 17.7 Å². The van der Waals surface area contributed by atoms with Gasteiger partial charge in [0.2, 0.25) is 0 Å². The second-order valence-electron chi connectivity index (χ2n) is 4.40. The molecule has 1 unspecified atom stereocenters. The van der Waals surface area contributed by atoms with Crippen molar-refractivity contribution in [3.8, 4) is 0 Å². The van der Waals surface area contributed by atoms with Crippen LogP contribution in [0, 0.1) is 6.92 Å². The van der Waals surface area contributed by atoms with Gasteiger partial charge in [-0.1, -0.05) is 48.0 Å². The molecule has 19 heavy (non-hydrogen) atoms. The van der Waals surface area contributed by atoms with Crippen LogP contribution in [0.25, 0.3) is 0 Å². The van der Waals surface area contributed by atoms with Crippen molar-refractivity contribution in [2.75, 3.05) is 5.75 Å². The molecule has 1 atom stereocenters. The smallest absolute Gasteiger partial charge is 0.163 e. The lowest BCUT2D eigenvalue weighted by atomic mass is 10.1. The van der Waals surface area contributed by atoms with Crippen molar-refractivity contribution in [3.05, 3.63) is 65.7 Å². The zero-order valence-electron chi connectivity index (χ0n) is 10.8. The first-order valence-electron chi connectivity index (χ1n) is 6.20. The first-order chi connectivity index (χ1) is 9.16. The molecule has 0 spiro atoms. The van der Waals surface area contributed by atoms with E-state index < -0.39 is 10.8 Å². The first-order valence-corrected chi connectivity index (χ1v) is 7.52. The van der Waals surface area contributed by atoms with Crippen LogP contribution < -0.4 is 0 Å². The third kappa shape index (κ3) is 3.86. The van der Waals surface area contributed by atoms with Crippen LogP contribution >= 0.6 is 0 Å². The summed E-state index contributed by atoms with van der Waals surface area (Å²) >= 11 is 0. The summed E-state index contributed by atoms with van der Waals surface area (Å²) < 4.78 is 12.1. The molecule has 2 aromatic carbocycles. The van der Waals surface area contributed by atoms with Gasteiger partial charge >= 0.3 is 0 Å². The van der Waals surface area contributed by atoms with Gasteiger partial charge in [-0.2, -0.15) is 0 Å². The molecular weight excluding hydrogens is 256 g/mol. The fourth-order valence-electron chi connectivity index (χ4n) is 1.76. The number of hydrogen-bond donors (Lipinski definition) is 0. The summed E-state index contributed by atoms with van der Waals surface area (Å²) in [6.45, 7) is 1.99. The Hall–Kier alpha value is -1.74. The van der Waals surface area contributed by atoms with Gasteiger partial charge in [0.05, 0.1) is 10.8 Å². The van der Waals surface area contributed by atoms with Gasteiger partial charge in [0.15, 0.2) is 5.78 Å². The predicted molar refractivity (Wildman–Crippen MR) is 77.8 cm³/mol. The number of hydrogen-bond acceptors (Lipinski definition) is 2. The van der Waals surface area contributed by atoms with Gasteiger partial charge in [-0.05, 0) is 19.1 Å². The Morgan fingerprint density at radius 2 is 1.63 bits per heavy atom. The number of aryl methyl sites for hydroxylation is 1. The highest BCUT2D eigenvalue weighted by atomic mass is 32.2. The van der Waals surface area contributed by atoms with E-state index in [-0.39, 0.29) is 5.78 Å². The summed E-state index contributed by atoms with van der Waals surface area (Å²) in [5, 5.41) is 0. The van der Waals surface area contributed by atoms with Gasteiger partial charge in [-0.25, -0.2) is 0 Å². The van der Waals surface area contributed by atoms with Gasteiger partial charge in [-0.15, -0.1) is 0 Å². The minimum atomic E-state index is -1.11. The van der Waals surface area contributed by atoms with Crippen LogP contribution in [0.15, 0.2) is 59.5 Å². The van der Waals surface area contributed by atoms with Crippen molar-refractivity contribution < 1.29 is 9.00 Å². The Bertz CT molecular complexity index is 573. The van der Waals surface area contributed by atoms with Crippen LogP contribution in [0.4, 0.5) is 0 Å². The predicted octanol–water partition coefficient (Wildman–Crippen LogP) is 3.38. The quantitative estimate of drug-likeness (QED) is 0.782. The van der Waals surface area contributed by atoms with E-state index in [0.717, 1.165) is 10.5 Å². The number of benzene rings is 2. The van der Waals surface area contributed by atoms with Crippen molar-refractivity contribution in [3.63, 3.8) is 0 Å². The maximum atomic E-state index is 12.1. The summed E-state index contributed by atoms with van der Waals surface area (Å²) in [5.74, 6) is 0.414. The monoisotopic (exact) mass is 272 g/mol. The molecular formula is C16H16O2S. The molecule has 0 bridgehead atoms. The number of ketones is 1. The van der Waals surface area contributed by atoms with Crippen molar-refractivity contribution in [2.45, 2.75) is 18.2 Å². The maximum Gasteiger partial charge on any atom is 0.163 e. The molecule has 0 saturated heterocycles. The van der Waals surface area contributed by atoms with Crippen LogP contribution in [-0.2, 0) is 10.8 Å². The topological polar surface area (TPSA) is 34.1 Å². The molecule has 0 saturated carbocycles. The van der Waals surface area contributed by atoms with E-state index in [1.807, 2.05) is 49.4 Å². The second-order valence-corrected chi connectivity index (χ2v) is 5.97. The van der Waals surface area contributed by atoms with E-state index >= 15 is 0 Å². The van der Waals surface area contributed by atoms with Gasteiger partial charge in [0.1, 0.15) is 0 Å². The molecule has 0 amide bonds. The highest BCUT2D eigenvalue weighted by molar-refractivity contribution is 7.85. The molecule has 0 aliphatic rings. The zero-order valence-corrected chi connectivity index (χ0v) is 11.7. The van der Waals surface area contributed by atoms with E-state index in [4.69, 9.17) is 0 Å². The first kappa shape index (κ1) is 13.7. The minimum Gasteiger partial charge on any atom is -0.294 e. The molecule has 0 radical (unpaired) electrons. The molecule has 0 aromatic heterocycles. The van der Waals surface area contributed by atoms with Crippen molar-refractivity contribution in [2.24, 2.45) is 0 Å². The second kappa shape index (κ2) is 6.43. The van der Waals surface area contributed by atoms with Crippen LogP contribution in [-0.4, -0.2) is 15.7 Å². The standard InChI is InChI=1S/C16H16O2S/c1-13-7-9-15(10-8-13)19(18)12-11-16(17)14-5-3-2-4-6-14/h2-10H,11-12H2,1H3.